The van der Waals surface area contributed by atoms with E-state index in [1.807, 2.05) is 81.6 Å². The lowest BCUT2D eigenvalue weighted by atomic mass is 10.1. The van der Waals surface area contributed by atoms with Gasteiger partial charge in [0.15, 0.2) is 0 Å². The predicted octanol–water partition coefficient (Wildman–Crippen LogP) is 9.49. The van der Waals surface area contributed by atoms with Crippen LogP contribution in [0.1, 0.15) is 111 Å². The largest absolute Gasteiger partial charge is 0.444 e. The fraction of sp³-hybridized carbons (Fsp3) is 0.500. The first-order valence-corrected chi connectivity index (χ1v) is 26.6. The molecule has 2 heterocycles. The molecule has 16 nitrogen and oxygen atoms in total. The molecule has 0 aliphatic carbocycles. The maximum absolute atomic E-state index is 14.6. The van der Waals surface area contributed by atoms with Gasteiger partial charge in [0.1, 0.15) is 22.8 Å². The van der Waals surface area contributed by atoms with E-state index < -0.39 is 75.8 Å². The van der Waals surface area contributed by atoms with Crippen LogP contribution in [0.15, 0.2) is 81.1 Å². The van der Waals surface area contributed by atoms with Crippen LogP contribution in [0.3, 0.4) is 0 Å². The SMILES string of the molecule is CN1CC(=O)NCc2cccc(Cl)c2[SH](Cc2cn(C(=O)OC(C)(C)C)c3ccccc23)c2cc(Br)ccc2CN[C@@H](CCCNC(=O)OC(C)(C)C)C(=O)N[C@@H](CCCCNC(=O)OC(C)(C)C)C1=O. The molecule has 388 valence electrons. The highest BCUT2D eigenvalue weighted by atomic mass is 79.9. The molecule has 5 N–H and O–H groups in total. The molecule has 0 bridgehead atoms. The highest BCUT2D eigenvalue weighted by Crippen LogP contribution is 2.54. The van der Waals surface area contributed by atoms with Gasteiger partial charge in [-0.15, -0.1) is 0 Å². The Labute approximate surface area is 433 Å². The topological polar surface area (TPSA) is 198 Å². The molecule has 1 unspecified atom stereocenters. The Balaban J connectivity index is 1.56. The third-order valence-corrected chi connectivity index (χ3v) is 14.7. The lowest BCUT2D eigenvalue weighted by Crippen LogP contribution is -2.54. The second-order valence-corrected chi connectivity index (χ2v) is 24.0. The summed E-state index contributed by atoms with van der Waals surface area (Å²) < 4.78 is 19.0. The molecule has 1 aliphatic heterocycles. The minimum absolute atomic E-state index is 0.0983. The highest BCUT2D eigenvalue weighted by molar-refractivity contribution is 9.10. The standard InChI is InChI=1S/C52H71BrClN7O9S/c1-50(2,3)68-47(65)55-25-14-13-20-40-46(64)60(10)31-43(62)58-29-34-17-15-19-38(54)44(34)71(32-35-30-61(49(67)70-52(7,8)9)41-22-12-11-18-37(35)41)42-27-36(53)24-23-33(42)28-57-39(45(63)59-40)21-16-26-56-48(66)69-51(4,5)6/h11-12,15,17-19,22-24,27,30,39-40,57,71H,13-14,16,20-21,25-26,28-29,31-32H2,1-10H3,(H,55,65)(H,56,66)(H,58,62)(H,59,63)/t39-,40-/m0/s1. The number of benzene rings is 3. The van der Waals surface area contributed by atoms with Crippen molar-refractivity contribution in [1.82, 2.24) is 36.1 Å². The number of nitrogens with zero attached hydrogens (tertiary/aromatic N) is 2. The molecule has 1 aliphatic rings. The summed E-state index contributed by atoms with van der Waals surface area (Å²) in [4.78, 5) is 84.3. The summed E-state index contributed by atoms with van der Waals surface area (Å²) in [5.74, 6) is -0.908. The molecule has 3 atom stereocenters. The molecule has 3 aromatic carbocycles. The first-order chi connectivity index (χ1) is 33.3. The number of hydrogen-bond donors (Lipinski definition) is 6. The van der Waals surface area contributed by atoms with Crippen molar-refractivity contribution in [3.63, 3.8) is 0 Å². The van der Waals surface area contributed by atoms with Crippen LogP contribution in [-0.4, -0.2) is 101 Å². The van der Waals surface area contributed by atoms with E-state index in [1.165, 1.54) is 16.5 Å². The van der Waals surface area contributed by atoms with Crippen molar-refractivity contribution in [3.05, 3.63) is 93.0 Å². The second-order valence-electron chi connectivity index (χ2n) is 20.6. The normalized spacial score (nSPS) is 18.1. The fourth-order valence-electron chi connectivity index (χ4n) is 7.92. The van der Waals surface area contributed by atoms with Gasteiger partial charge in [0.2, 0.25) is 17.7 Å². The van der Waals surface area contributed by atoms with Gasteiger partial charge in [-0.3, -0.25) is 19.0 Å². The van der Waals surface area contributed by atoms with E-state index in [-0.39, 0.29) is 45.6 Å². The first-order valence-electron chi connectivity index (χ1n) is 23.9. The minimum Gasteiger partial charge on any atom is -0.444 e. The van der Waals surface area contributed by atoms with Gasteiger partial charge >= 0.3 is 18.3 Å². The fourth-order valence-corrected chi connectivity index (χ4v) is 11.8. The van der Waals surface area contributed by atoms with E-state index in [0.717, 1.165) is 36.3 Å². The molecule has 19 heteroatoms. The second kappa shape index (κ2) is 24.9. The van der Waals surface area contributed by atoms with Crippen LogP contribution in [0.4, 0.5) is 14.4 Å². The maximum atomic E-state index is 14.6. The van der Waals surface area contributed by atoms with Gasteiger partial charge in [-0.05, 0) is 140 Å². The molecule has 0 saturated carbocycles. The number of ether oxygens (including phenoxy) is 3. The average molecular weight is 1090 g/mol. The smallest absolute Gasteiger partial charge is 0.419 e. The Morgan fingerprint density at radius 1 is 0.775 bits per heavy atom. The van der Waals surface area contributed by atoms with Crippen LogP contribution in [0, 0.1) is 0 Å². The predicted molar refractivity (Wildman–Crippen MR) is 282 cm³/mol. The van der Waals surface area contributed by atoms with E-state index in [0.29, 0.717) is 35.6 Å². The number of carbonyl (C=O) groups excluding carboxylic acids is 6. The average Bonchev–Trinajstić information content (AvgIpc) is 3.63. The number of alkyl carbamates (subject to hydrolysis) is 2. The number of halogens is 2. The van der Waals surface area contributed by atoms with Gasteiger partial charge in [0.25, 0.3) is 0 Å². The lowest BCUT2D eigenvalue weighted by molar-refractivity contribution is -0.138. The zero-order chi connectivity index (χ0) is 52.3. The van der Waals surface area contributed by atoms with Crippen LogP contribution in [-0.2, 0) is 47.4 Å². The van der Waals surface area contributed by atoms with E-state index in [9.17, 15) is 28.8 Å². The molecular weight excluding hydrogens is 1010 g/mol. The Bertz CT molecular complexity index is 2550. The van der Waals surface area contributed by atoms with Gasteiger partial charge < -0.3 is 45.7 Å². The third-order valence-electron chi connectivity index (χ3n) is 11.0. The number of hydrogen-bond acceptors (Lipinski definition) is 10. The molecule has 1 aromatic heterocycles. The van der Waals surface area contributed by atoms with Crippen LogP contribution < -0.4 is 26.6 Å². The number of rotatable bonds is 11. The van der Waals surface area contributed by atoms with Gasteiger partial charge in [0, 0.05) is 59.9 Å². The summed E-state index contributed by atoms with van der Waals surface area (Å²) in [5.41, 5.74) is 1.10. The molecule has 5 amide bonds. The van der Waals surface area contributed by atoms with Crippen molar-refractivity contribution in [2.75, 3.05) is 26.7 Å². The monoisotopic (exact) mass is 1080 g/mol. The van der Waals surface area contributed by atoms with Crippen molar-refractivity contribution in [2.45, 2.75) is 152 Å². The zero-order valence-corrected chi connectivity index (χ0v) is 45.8. The number of fused-ring (bicyclic) bond motifs is 3. The van der Waals surface area contributed by atoms with Crippen LogP contribution in [0.2, 0.25) is 5.02 Å². The molecule has 5 rings (SSSR count). The summed E-state index contributed by atoms with van der Waals surface area (Å²) >= 11 is 11.0. The Hall–Kier alpha value is -5.30. The molecule has 71 heavy (non-hydrogen) atoms. The van der Waals surface area contributed by atoms with Crippen molar-refractivity contribution in [2.24, 2.45) is 0 Å². The summed E-state index contributed by atoms with van der Waals surface area (Å²) in [7, 11) is 0.0728. The minimum atomic E-state index is -1.44. The number of likely N-dealkylation sites (N-methyl/N-ethyl adjacent to an activating group) is 1. The number of thiol groups is 1. The van der Waals surface area contributed by atoms with Crippen molar-refractivity contribution >= 4 is 85.3 Å². The van der Waals surface area contributed by atoms with E-state index >= 15 is 0 Å². The summed E-state index contributed by atoms with van der Waals surface area (Å²) in [6, 6.07) is 17.4. The van der Waals surface area contributed by atoms with Crippen molar-refractivity contribution in [1.29, 1.82) is 0 Å². The molecule has 0 spiro atoms. The van der Waals surface area contributed by atoms with Gasteiger partial charge in [-0.1, -0.05) is 63.9 Å². The van der Waals surface area contributed by atoms with E-state index in [4.69, 9.17) is 25.8 Å². The number of carbonyl (C=O) groups is 6. The lowest BCUT2D eigenvalue weighted by Gasteiger charge is -2.29. The van der Waals surface area contributed by atoms with Gasteiger partial charge in [0.05, 0.1) is 23.1 Å². The van der Waals surface area contributed by atoms with E-state index in [1.54, 1.807) is 41.5 Å². The molecular formula is C52H71BrClN7O9S. The third kappa shape index (κ3) is 17.5. The van der Waals surface area contributed by atoms with Crippen LogP contribution >= 0.6 is 38.4 Å². The number of nitrogens with one attached hydrogen (secondary N) is 5. The summed E-state index contributed by atoms with van der Waals surface area (Å²) in [6.07, 6.45) is 1.97. The number of amides is 5. The summed E-state index contributed by atoms with van der Waals surface area (Å²) in [5, 5.41) is 16.4. The maximum Gasteiger partial charge on any atom is 0.419 e. The van der Waals surface area contributed by atoms with Crippen LogP contribution in [0.25, 0.3) is 10.9 Å². The van der Waals surface area contributed by atoms with Gasteiger partial charge in [-0.25, -0.2) is 14.4 Å². The quantitative estimate of drug-likeness (QED) is 0.0478. The Morgan fingerprint density at radius 3 is 2.07 bits per heavy atom. The molecule has 4 aromatic rings. The van der Waals surface area contributed by atoms with Crippen LogP contribution in [0.5, 0.6) is 0 Å². The Morgan fingerprint density at radius 2 is 1.41 bits per heavy atom. The van der Waals surface area contributed by atoms with Crippen molar-refractivity contribution < 1.29 is 43.0 Å². The first kappa shape index (κ1) is 56.6. The van der Waals surface area contributed by atoms with Crippen molar-refractivity contribution in [3.8, 4) is 0 Å². The van der Waals surface area contributed by atoms with E-state index in [2.05, 4.69) is 48.6 Å². The zero-order valence-electron chi connectivity index (χ0n) is 42.6. The molecule has 0 radical (unpaired) electrons. The molecule has 0 saturated heterocycles. The number of unbranched alkanes of at least 4 members (excludes halogenated alkanes) is 1. The number of aromatic nitrogens is 1. The Kier molecular flexibility index (Phi) is 19.8. The highest BCUT2D eigenvalue weighted by Gasteiger charge is 2.31. The number of para-hydroxylation sites is 1. The van der Waals surface area contributed by atoms with Gasteiger partial charge in [-0.2, -0.15) is 10.9 Å². The molecule has 0 fully saturated rings. The summed E-state index contributed by atoms with van der Waals surface area (Å²) in [6.45, 7) is 16.6.